The molecule has 0 fully saturated rings. The van der Waals surface area contributed by atoms with Crippen LogP contribution in [0.4, 0.5) is 13.2 Å². The van der Waals surface area contributed by atoms with Crippen molar-refractivity contribution >= 4 is 5.91 Å². The molecule has 1 amide bonds. The Bertz CT molecular complexity index is 950. The number of halogens is 3. The summed E-state index contributed by atoms with van der Waals surface area (Å²) in [7, 11) is 0. The number of aromatic nitrogens is 6. The molecule has 0 saturated carbocycles. The monoisotopic (exact) mass is 393 g/mol. The number of hydrogen-bond donors (Lipinski definition) is 1. The average Bonchev–Trinajstić information content (AvgIpc) is 3.29. The van der Waals surface area contributed by atoms with E-state index >= 15 is 0 Å². The fourth-order valence-electron chi connectivity index (χ4n) is 2.66. The first kappa shape index (κ1) is 19.5. The van der Waals surface area contributed by atoms with Crippen molar-refractivity contribution in [1.29, 1.82) is 0 Å². The largest absolute Gasteiger partial charge is 0.433 e. The van der Waals surface area contributed by atoms with E-state index in [9.17, 15) is 18.0 Å². The molecule has 0 bridgehead atoms. The zero-order chi connectivity index (χ0) is 20.3. The van der Waals surface area contributed by atoms with Gasteiger partial charge in [0.1, 0.15) is 24.2 Å². The van der Waals surface area contributed by atoms with Crippen LogP contribution in [0.1, 0.15) is 28.7 Å². The summed E-state index contributed by atoms with van der Waals surface area (Å²) in [5, 5.41) is 14.0. The number of pyridine rings is 1. The smallest absolute Gasteiger partial charge is 0.352 e. The van der Waals surface area contributed by atoms with E-state index in [0.29, 0.717) is 17.1 Å². The molecule has 0 aliphatic heterocycles. The maximum absolute atomic E-state index is 13.1. The molecule has 0 aliphatic carbocycles. The van der Waals surface area contributed by atoms with Gasteiger partial charge in [0.2, 0.25) is 0 Å². The maximum Gasteiger partial charge on any atom is 0.433 e. The highest BCUT2D eigenvalue weighted by molar-refractivity contribution is 5.94. The lowest BCUT2D eigenvalue weighted by molar-refractivity contribution is -0.144. The van der Waals surface area contributed by atoms with E-state index in [4.69, 9.17) is 0 Å². The van der Waals surface area contributed by atoms with Crippen molar-refractivity contribution < 1.29 is 18.0 Å². The average molecular weight is 393 g/mol. The number of carbonyl (C=O) groups is 1. The van der Waals surface area contributed by atoms with E-state index in [2.05, 4.69) is 25.6 Å². The second kappa shape index (κ2) is 7.79. The molecule has 1 N–H and O–H groups in total. The quantitative estimate of drug-likeness (QED) is 0.694. The number of nitrogens with zero attached hydrogens (tertiary/aromatic N) is 6. The maximum atomic E-state index is 13.1. The minimum absolute atomic E-state index is 0.0330. The van der Waals surface area contributed by atoms with Gasteiger partial charge in [-0.15, -0.1) is 10.2 Å². The van der Waals surface area contributed by atoms with Gasteiger partial charge in [0.05, 0.1) is 5.69 Å². The van der Waals surface area contributed by atoms with Crippen LogP contribution >= 0.6 is 0 Å². The predicted molar refractivity (Wildman–Crippen MR) is 92.6 cm³/mol. The molecule has 1 unspecified atom stereocenters. The van der Waals surface area contributed by atoms with Crippen molar-refractivity contribution in [2.45, 2.75) is 26.6 Å². The van der Waals surface area contributed by atoms with E-state index in [-0.39, 0.29) is 24.9 Å². The van der Waals surface area contributed by atoms with Crippen molar-refractivity contribution in [1.82, 2.24) is 34.8 Å². The van der Waals surface area contributed by atoms with Crippen LogP contribution in [0.3, 0.4) is 0 Å². The summed E-state index contributed by atoms with van der Waals surface area (Å²) < 4.78 is 41.7. The lowest BCUT2D eigenvalue weighted by Gasteiger charge is -2.16. The Morgan fingerprint density at radius 1 is 1.25 bits per heavy atom. The van der Waals surface area contributed by atoms with Gasteiger partial charge in [0.25, 0.3) is 5.91 Å². The third kappa shape index (κ3) is 4.53. The number of aryl methyl sites for hydroxylation is 1. The Hall–Kier alpha value is -3.24. The molecule has 1 atom stereocenters. The molecule has 0 spiro atoms. The highest BCUT2D eigenvalue weighted by Crippen LogP contribution is 2.30. The van der Waals surface area contributed by atoms with Gasteiger partial charge in [0, 0.05) is 24.8 Å². The molecule has 0 aliphatic rings. The standard InChI is InChI=1S/C17H18F3N7O/c1-11(8-27-14(17(18,19)20)5-12(2)25-27)7-22-16(28)13-3-4-21-15(6-13)26-9-23-24-10-26/h3-6,9-11H,7-8H2,1-2H3,(H,22,28). The zero-order valence-corrected chi connectivity index (χ0v) is 15.2. The number of rotatable bonds is 6. The highest BCUT2D eigenvalue weighted by atomic mass is 19.4. The number of carbonyl (C=O) groups excluding carboxylic acids is 1. The second-order valence-electron chi connectivity index (χ2n) is 6.44. The molecule has 148 valence electrons. The van der Waals surface area contributed by atoms with Gasteiger partial charge in [-0.25, -0.2) is 4.98 Å². The van der Waals surface area contributed by atoms with Crippen molar-refractivity contribution in [3.8, 4) is 5.82 Å². The van der Waals surface area contributed by atoms with Gasteiger partial charge in [0.15, 0.2) is 0 Å². The number of amides is 1. The fourth-order valence-corrected chi connectivity index (χ4v) is 2.66. The summed E-state index contributed by atoms with van der Waals surface area (Å²) in [5.41, 5.74) is -0.130. The number of nitrogens with one attached hydrogen (secondary N) is 1. The minimum atomic E-state index is -4.47. The third-order valence-corrected chi connectivity index (χ3v) is 3.98. The van der Waals surface area contributed by atoms with E-state index < -0.39 is 11.9 Å². The molecule has 0 radical (unpaired) electrons. The van der Waals surface area contributed by atoms with Crippen LogP contribution in [-0.4, -0.2) is 42.0 Å². The van der Waals surface area contributed by atoms with Crippen LogP contribution in [0.15, 0.2) is 37.1 Å². The van der Waals surface area contributed by atoms with Crippen molar-refractivity contribution in [3.05, 3.63) is 54.0 Å². The van der Waals surface area contributed by atoms with E-state index in [0.717, 1.165) is 10.7 Å². The highest BCUT2D eigenvalue weighted by Gasteiger charge is 2.35. The van der Waals surface area contributed by atoms with E-state index in [1.807, 2.05) is 0 Å². The first-order valence-corrected chi connectivity index (χ1v) is 8.45. The molecule has 3 rings (SSSR count). The number of hydrogen-bond acceptors (Lipinski definition) is 5. The summed E-state index contributed by atoms with van der Waals surface area (Å²) in [6, 6.07) is 4.13. The Kier molecular flexibility index (Phi) is 5.43. The Balaban J connectivity index is 1.62. The van der Waals surface area contributed by atoms with Crippen molar-refractivity contribution in [3.63, 3.8) is 0 Å². The summed E-state index contributed by atoms with van der Waals surface area (Å²) in [6.45, 7) is 3.48. The lowest BCUT2D eigenvalue weighted by Crippen LogP contribution is -2.31. The van der Waals surface area contributed by atoms with E-state index in [1.165, 1.54) is 25.8 Å². The summed E-state index contributed by atoms with van der Waals surface area (Å²) in [4.78, 5) is 16.5. The van der Waals surface area contributed by atoms with Crippen LogP contribution in [0.5, 0.6) is 0 Å². The van der Waals surface area contributed by atoms with Gasteiger partial charge in [-0.05, 0) is 31.0 Å². The zero-order valence-electron chi connectivity index (χ0n) is 15.2. The first-order valence-electron chi connectivity index (χ1n) is 8.45. The molecular formula is C17H18F3N7O. The van der Waals surface area contributed by atoms with Crippen molar-refractivity contribution in [2.24, 2.45) is 5.92 Å². The molecule has 11 heteroatoms. The molecular weight excluding hydrogens is 375 g/mol. The molecule has 0 aromatic carbocycles. The van der Waals surface area contributed by atoms with Crippen LogP contribution in [0.25, 0.3) is 5.82 Å². The molecule has 28 heavy (non-hydrogen) atoms. The van der Waals surface area contributed by atoms with E-state index in [1.54, 1.807) is 23.6 Å². The van der Waals surface area contributed by atoms with Crippen LogP contribution in [0, 0.1) is 12.8 Å². The fraction of sp³-hybridized carbons (Fsp3) is 0.353. The summed E-state index contributed by atoms with van der Waals surface area (Å²) in [5.74, 6) is -0.132. The van der Waals surface area contributed by atoms with Crippen LogP contribution in [0.2, 0.25) is 0 Å². The van der Waals surface area contributed by atoms with Crippen molar-refractivity contribution in [2.75, 3.05) is 6.54 Å². The predicted octanol–water partition coefficient (Wildman–Crippen LogP) is 2.25. The van der Waals surface area contributed by atoms with Crippen LogP contribution < -0.4 is 5.32 Å². The van der Waals surface area contributed by atoms with Gasteiger partial charge >= 0.3 is 6.18 Å². The van der Waals surface area contributed by atoms with Crippen LogP contribution in [-0.2, 0) is 12.7 Å². The third-order valence-electron chi connectivity index (χ3n) is 3.98. The molecule has 8 nitrogen and oxygen atoms in total. The topological polar surface area (TPSA) is 90.5 Å². The summed E-state index contributed by atoms with van der Waals surface area (Å²) >= 11 is 0. The van der Waals surface area contributed by atoms with Gasteiger partial charge in [-0.1, -0.05) is 6.92 Å². The second-order valence-corrected chi connectivity index (χ2v) is 6.44. The molecule has 3 aromatic heterocycles. The number of alkyl halides is 3. The Morgan fingerprint density at radius 2 is 1.96 bits per heavy atom. The van der Waals surface area contributed by atoms with Gasteiger partial charge < -0.3 is 5.32 Å². The Labute approximate surface area is 158 Å². The molecule has 3 aromatic rings. The molecule has 3 heterocycles. The lowest BCUT2D eigenvalue weighted by atomic mass is 10.1. The van der Waals surface area contributed by atoms with Gasteiger partial charge in [-0.3, -0.25) is 14.0 Å². The Morgan fingerprint density at radius 3 is 2.64 bits per heavy atom. The normalized spacial score (nSPS) is 12.8. The first-order chi connectivity index (χ1) is 13.2. The molecule has 0 saturated heterocycles. The van der Waals surface area contributed by atoms with Gasteiger partial charge in [-0.2, -0.15) is 18.3 Å². The summed E-state index contributed by atoms with van der Waals surface area (Å²) in [6.07, 6.45) is -0.0809. The SMILES string of the molecule is Cc1cc(C(F)(F)F)n(CC(C)CNC(=O)c2ccnc(-n3cnnc3)c2)n1. The minimum Gasteiger partial charge on any atom is -0.352 e.